The van der Waals surface area contributed by atoms with Crippen LogP contribution in [0.3, 0.4) is 0 Å². The molecule has 7 nitrogen and oxygen atoms in total. The molecule has 31 heavy (non-hydrogen) atoms. The second-order valence-corrected chi connectivity index (χ2v) is 9.13. The molecule has 1 saturated heterocycles. The van der Waals surface area contributed by atoms with Gasteiger partial charge in [0.25, 0.3) is 0 Å². The van der Waals surface area contributed by atoms with E-state index in [1.165, 1.54) is 0 Å². The van der Waals surface area contributed by atoms with Crippen molar-refractivity contribution in [3.8, 4) is 22.9 Å². The van der Waals surface area contributed by atoms with Crippen molar-refractivity contribution >= 4 is 33.2 Å². The van der Waals surface area contributed by atoms with Gasteiger partial charge < -0.3 is 14.8 Å². The van der Waals surface area contributed by atoms with Crippen LogP contribution >= 0.6 is 11.3 Å². The summed E-state index contributed by atoms with van der Waals surface area (Å²) in [4.78, 5) is 23.5. The van der Waals surface area contributed by atoms with E-state index in [0.29, 0.717) is 19.0 Å². The van der Waals surface area contributed by atoms with E-state index >= 15 is 0 Å². The highest BCUT2D eigenvalue weighted by atomic mass is 32.1. The van der Waals surface area contributed by atoms with Crippen molar-refractivity contribution in [2.45, 2.75) is 45.4 Å². The Morgan fingerprint density at radius 1 is 1.26 bits per heavy atom. The molecule has 2 atom stereocenters. The summed E-state index contributed by atoms with van der Waals surface area (Å²) in [5, 5.41) is 7.11. The minimum atomic E-state index is -0.0964. The van der Waals surface area contributed by atoms with Gasteiger partial charge in [-0.1, -0.05) is 0 Å². The number of anilines is 1. The number of aromatic nitrogens is 2. The predicted octanol–water partition coefficient (Wildman–Crippen LogP) is 4.23. The highest BCUT2D eigenvalue weighted by Gasteiger charge is 2.34. The molecule has 1 aromatic carbocycles. The Bertz CT molecular complexity index is 1100. The van der Waals surface area contributed by atoms with Crippen LogP contribution < -0.4 is 14.8 Å². The Labute approximate surface area is 186 Å². The lowest BCUT2D eigenvalue weighted by molar-refractivity contribution is -0.120. The van der Waals surface area contributed by atoms with Crippen molar-refractivity contribution in [2.24, 2.45) is 0 Å². The number of hydrogen-bond acceptors (Lipinski definition) is 8. The van der Waals surface area contributed by atoms with E-state index in [1.807, 2.05) is 36.7 Å². The van der Waals surface area contributed by atoms with E-state index in [2.05, 4.69) is 24.1 Å². The van der Waals surface area contributed by atoms with Crippen LogP contribution in [0.15, 0.2) is 29.6 Å². The zero-order valence-electron chi connectivity index (χ0n) is 18.5. The molecule has 0 spiro atoms. The Morgan fingerprint density at radius 2 is 2.06 bits per heavy atom. The summed E-state index contributed by atoms with van der Waals surface area (Å²) >= 11 is 1.56. The topological polar surface area (TPSA) is 76.6 Å². The van der Waals surface area contributed by atoms with Crippen molar-refractivity contribution in [1.29, 1.82) is 0 Å². The van der Waals surface area contributed by atoms with Crippen LogP contribution in [-0.4, -0.2) is 59.5 Å². The Hall–Kier alpha value is -2.71. The van der Waals surface area contributed by atoms with Crippen molar-refractivity contribution in [3.63, 3.8) is 0 Å². The summed E-state index contributed by atoms with van der Waals surface area (Å²) in [6.45, 7) is 6.51. The van der Waals surface area contributed by atoms with Gasteiger partial charge in [0.2, 0.25) is 0 Å². The molecule has 4 rings (SSSR count). The minimum absolute atomic E-state index is 0.0620. The number of methoxy groups -OCH3 is 1. The van der Waals surface area contributed by atoms with Gasteiger partial charge in [0.05, 0.1) is 24.4 Å². The van der Waals surface area contributed by atoms with Crippen molar-refractivity contribution in [2.75, 3.05) is 26.0 Å². The lowest BCUT2D eigenvalue weighted by Gasteiger charge is -2.16. The number of thiazole rings is 1. The smallest absolute Gasteiger partial charge is 0.183 e. The molecule has 164 valence electrons. The van der Waals surface area contributed by atoms with Gasteiger partial charge in [-0.05, 0) is 40.0 Å². The molecule has 8 heteroatoms. The average Bonchev–Trinajstić information content (AvgIpc) is 3.33. The molecule has 1 fully saturated rings. The lowest BCUT2D eigenvalue weighted by Crippen LogP contribution is -2.31. The molecule has 0 bridgehead atoms. The SMILES string of the molecule is COc1ccc2c(OC3C[C@@H](C(C)=O)N(C)C3)cc(-c3csc(NC(C)C)n3)nc2c1. The third kappa shape index (κ3) is 4.65. The summed E-state index contributed by atoms with van der Waals surface area (Å²) in [6.07, 6.45) is 0.619. The van der Waals surface area contributed by atoms with E-state index in [4.69, 9.17) is 19.4 Å². The number of pyridine rings is 1. The van der Waals surface area contributed by atoms with Gasteiger partial charge in [0.15, 0.2) is 5.13 Å². The number of fused-ring (bicyclic) bond motifs is 1. The van der Waals surface area contributed by atoms with Gasteiger partial charge in [0.1, 0.15) is 29.1 Å². The number of carbonyl (C=O) groups is 1. The predicted molar refractivity (Wildman–Crippen MR) is 124 cm³/mol. The third-order valence-electron chi connectivity index (χ3n) is 5.43. The zero-order chi connectivity index (χ0) is 22.1. The largest absolute Gasteiger partial charge is 0.497 e. The lowest BCUT2D eigenvalue weighted by atomic mass is 10.1. The zero-order valence-corrected chi connectivity index (χ0v) is 19.3. The summed E-state index contributed by atoms with van der Waals surface area (Å²) in [5.74, 6) is 1.66. The monoisotopic (exact) mass is 440 g/mol. The van der Waals surface area contributed by atoms with Crippen LogP contribution in [0, 0.1) is 0 Å². The van der Waals surface area contributed by atoms with Crippen LogP contribution in [0.5, 0.6) is 11.5 Å². The molecule has 0 saturated carbocycles. The van der Waals surface area contributed by atoms with Crippen molar-refractivity contribution in [3.05, 3.63) is 29.6 Å². The van der Waals surface area contributed by atoms with E-state index in [0.717, 1.165) is 38.9 Å². The summed E-state index contributed by atoms with van der Waals surface area (Å²) in [7, 11) is 3.61. The van der Waals surface area contributed by atoms with Crippen LogP contribution in [0.25, 0.3) is 22.3 Å². The molecular weight excluding hydrogens is 412 g/mol. The summed E-state index contributed by atoms with van der Waals surface area (Å²) in [6, 6.07) is 7.94. The van der Waals surface area contributed by atoms with Crippen molar-refractivity contribution < 1.29 is 14.3 Å². The van der Waals surface area contributed by atoms with Gasteiger partial charge in [-0.15, -0.1) is 11.3 Å². The van der Waals surface area contributed by atoms with E-state index in [9.17, 15) is 4.79 Å². The Kier molecular flexibility index (Phi) is 6.11. The number of hydrogen-bond donors (Lipinski definition) is 1. The van der Waals surface area contributed by atoms with Crippen LogP contribution in [0.4, 0.5) is 5.13 Å². The molecule has 1 aliphatic rings. The molecule has 0 radical (unpaired) electrons. The maximum absolute atomic E-state index is 11.9. The van der Waals surface area contributed by atoms with Gasteiger partial charge in [-0.25, -0.2) is 9.97 Å². The molecular formula is C23H28N4O3S. The Morgan fingerprint density at radius 3 is 2.74 bits per heavy atom. The fourth-order valence-corrected chi connectivity index (χ4v) is 4.78. The maximum Gasteiger partial charge on any atom is 0.183 e. The van der Waals surface area contributed by atoms with E-state index in [-0.39, 0.29) is 17.9 Å². The second kappa shape index (κ2) is 8.80. The van der Waals surface area contributed by atoms with Gasteiger partial charge in [0, 0.05) is 41.9 Å². The molecule has 3 aromatic rings. The fourth-order valence-electron chi connectivity index (χ4n) is 3.93. The average molecular weight is 441 g/mol. The summed E-state index contributed by atoms with van der Waals surface area (Å²) in [5.41, 5.74) is 2.33. The maximum atomic E-state index is 11.9. The number of ketones is 1. The van der Waals surface area contributed by atoms with Crippen LogP contribution in [0.1, 0.15) is 27.2 Å². The first-order chi connectivity index (χ1) is 14.8. The summed E-state index contributed by atoms with van der Waals surface area (Å²) < 4.78 is 11.8. The number of likely N-dealkylation sites (tertiary alicyclic amines) is 1. The van der Waals surface area contributed by atoms with Gasteiger partial charge in [-0.3, -0.25) is 9.69 Å². The molecule has 0 aliphatic carbocycles. The Balaban J connectivity index is 1.71. The van der Waals surface area contributed by atoms with Crippen LogP contribution in [0.2, 0.25) is 0 Å². The van der Waals surface area contributed by atoms with Gasteiger partial charge in [-0.2, -0.15) is 0 Å². The number of nitrogens with one attached hydrogen (secondary N) is 1. The standard InChI is InChI=1S/C23H28N4O3S/c1-13(2)24-23-26-20(12-31-23)19-10-22(17-7-6-15(29-5)8-18(17)25-19)30-16-9-21(14(3)28)27(4)11-16/h6-8,10,12-13,16,21H,9,11H2,1-5H3,(H,24,26)/t16?,21-/m0/s1. The number of likely N-dealkylation sites (N-methyl/N-ethyl adjacent to an activating group) is 1. The van der Waals surface area contributed by atoms with Crippen molar-refractivity contribution in [1.82, 2.24) is 14.9 Å². The minimum Gasteiger partial charge on any atom is -0.497 e. The van der Waals surface area contributed by atoms with E-state index < -0.39 is 0 Å². The molecule has 3 heterocycles. The first kappa shape index (κ1) is 21.5. The first-order valence-corrected chi connectivity index (χ1v) is 11.3. The number of ether oxygens (including phenoxy) is 2. The second-order valence-electron chi connectivity index (χ2n) is 8.27. The number of carbonyl (C=O) groups excluding carboxylic acids is 1. The van der Waals surface area contributed by atoms with E-state index in [1.54, 1.807) is 25.4 Å². The van der Waals surface area contributed by atoms with Gasteiger partial charge >= 0.3 is 0 Å². The molecule has 0 amide bonds. The first-order valence-electron chi connectivity index (χ1n) is 10.4. The van der Waals surface area contributed by atoms with Crippen LogP contribution in [-0.2, 0) is 4.79 Å². The molecule has 1 unspecified atom stereocenters. The third-order valence-corrected chi connectivity index (χ3v) is 6.20. The quantitative estimate of drug-likeness (QED) is 0.589. The molecule has 1 N–H and O–H groups in total. The fraction of sp³-hybridized carbons (Fsp3) is 0.435. The number of Topliss-reactive ketones (excluding diaryl/α,β-unsaturated/α-hetero) is 1. The number of rotatable bonds is 7. The molecule has 2 aromatic heterocycles. The number of nitrogens with zero attached hydrogens (tertiary/aromatic N) is 3. The highest BCUT2D eigenvalue weighted by Crippen LogP contribution is 2.35. The molecule has 1 aliphatic heterocycles. The highest BCUT2D eigenvalue weighted by molar-refractivity contribution is 7.14. The normalized spacial score (nSPS) is 19.2. The number of benzene rings is 1.